The summed E-state index contributed by atoms with van der Waals surface area (Å²) in [4.78, 5) is 34.9. The smallest absolute Gasteiger partial charge is 0.331 e. The molecule has 5 heteroatoms. The minimum Gasteiger partial charge on any atom is -0.480 e. The Bertz CT molecular complexity index is 968. The summed E-state index contributed by atoms with van der Waals surface area (Å²) in [5, 5.41) is 19.4. The Morgan fingerprint density at radius 1 is 1.04 bits per heavy atom. The molecule has 0 aliphatic heterocycles. The normalized spacial score (nSPS) is 21.4. The van der Waals surface area contributed by atoms with Crippen molar-refractivity contribution in [3.8, 4) is 11.1 Å². The van der Waals surface area contributed by atoms with Crippen molar-refractivity contribution < 1.29 is 24.6 Å². The van der Waals surface area contributed by atoms with Gasteiger partial charge in [0.25, 0.3) is 0 Å². The quantitative estimate of drug-likeness (QED) is 0.791. The van der Waals surface area contributed by atoms with Crippen molar-refractivity contribution >= 4 is 18.2 Å². The van der Waals surface area contributed by atoms with Gasteiger partial charge in [0.1, 0.15) is 5.41 Å². The Labute approximate surface area is 156 Å². The number of aliphatic carboxylic acids is 2. The summed E-state index contributed by atoms with van der Waals surface area (Å²) in [6.45, 7) is 1.60. The molecule has 0 radical (unpaired) electrons. The van der Waals surface area contributed by atoms with E-state index >= 15 is 0 Å². The van der Waals surface area contributed by atoms with Crippen LogP contribution >= 0.6 is 0 Å². The zero-order valence-electron chi connectivity index (χ0n) is 14.6. The first kappa shape index (κ1) is 18.3. The first-order chi connectivity index (χ1) is 12.9. The van der Waals surface area contributed by atoms with Crippen LogP contribution in [0.4, 0.5) is 0 Å². The van der Waals surface area contributed by atoms with E-state index in [1.165, 1.54) is 18.2 Å². The van der Waals surface area contributed by atoms with E-state index in [0.29, 0.717) is 11.1 Å². The number of hydrogen-bond donors (Lipinski definition) is 2. The van der Waals surface area contributed by atoms with Gasteiger partial charge in [0, 0.05) is 17.1 Å². The topological polar surface area (TPSA) is 91.7 Å². The van der Waals surface area contributed by atoms with Gasteiger partial charge in [0.05, 0.1) is 0 Å². The van der Waals surface area contributed by atoms with Gasteiger partial charge in [-0.1, -0.05) is 73.7 Å². The molecule has 2 atom stereocenters. The number of carbonyl (C=O) groups excluding carboxylic acids is 1. The fourth-order valence-electron chi connectivity index (χ4n) is 3.61. The molecule has 3 rings (SSSR count). The van der Waals surface area contributed by atoms with Crippen LogP contribution in [0.1, 0.15) is 22.8 Å². The summed E-state index contributed by atoms with van der Waals surface area (Å²) < 4.78 is 0. The van der Waals surface area contributed by atoms with Crippen molar-refractivity contribution in [3.63, 3.8) is 0 Å². The molecule has 2 N–H and O–H groups in total. The van der Waals surface area contributed by atoms with Crippen LogP contribution in [0.3, 0.4) is 0 Å². The molecule has 0 fully saturated rings. The highest BCUT2D eigenvalue weighted by atomic mass is 16.4. The maximum atomic E-state index is 12.2. The van der Waals surface area contributed by atoms with Gasteiger partial charge < -0.3 is 10.2 Å². The van der Waals surface area contributed by atoms with Crippen LogP contribution in [0, 0.1) is 5.92 Å². The van der Waals surface area contributed by atoms with Gasteiger partial charge in [-0.05, 0) is 16.7 Å². The first-order valence-corrected chi connectivity index (χ1v) is 8.43. The molecule has 0 spiro atoms. The van der Waals surface area contributed by atoms with Crippen LogP contribution < -0.4 is 0 Å². The standard InChI is InChI=1S/C22H18O5/c1-14-18(20(24)25)7-4-12-22(14,21(26)27)17-10-8-15(9-11-17)19-6-3-2-5-16(19)13-23/h2-14H,1H3,(H,24,25)(H,26,27). The Morgan fingerprint density at radius 3 is 2.30 bits per heavy atom. The minimum atomic E-state index is -1.47. The molecule has 1 aliphatic carbocycles. The summed E-state index contributed by atoms with van der Waals surface area (Å²) in [6.07, 6.45) is 5.22. The van der Waals surface area contributed by atoms with E-state index in [9.17, 15) is 24.6 Å². The first-order valence-electron chi connectivity index (χ1n) is 8.43. The maximum absolute atomic E-state index is 12.2. The van der Waals surface area contributed by atoms with E-state index in [-0.39, 0.29) is 5.57 Å². The molecule has 0 amide bonds. The second-order valence-electron chi connectivity index (χ2n) is 6.46. The molecule has 0 saturated carbocycles. The lowest BCUT2D eigenvalue weighted by atomic mass is 9.65. The molecular weight excluding hydrogens is 344 g/mol. The number of allylic oxidation sites excluding steroid dienone is 2. The number of aldehydes is 1. The lowest BCUT2D eigenvalue weighted by Gasteiger charge is -2.35. The number of hydrogen-bond acceptors (Lipinski definition) is 3. The van der Waals surface area contributed by atoms with Crippen LogP contribution in [-0.4, -0.2) is 28.4 Å². The summed E-state index contributed by atoms with van der Waals surface area (Å²) in [5.74, 6) is -2.99. The Kier molecular flexibility index (Phi) is 4.77. The highest BCUT2D eigenvalue weighted by Gasteiger charge is 2.47. The van der Waals surface area contributed by atoms with E-state index in [1.54, 1.807) is 43.3 Å². The van der Waals surface area contributed by atoms with E-state index in [0.717, 1.165) is 17.4 Å². The molecule has 2 unspecified atom stereocenters. The molecule has 2 aromatic rings. The predicted octanol–water partition coefficient (Wildman–Crippen LogP) is 3.71. The van der Waals surface area contributed by atoms with Crippen molar-refractivity contribution in [3.05, 3.63) is 83.5 Å². The van der Waals surface area contributed by atoms with Gasteiger partial charge in [-0.15, -0.1) is 0 Å². The van der Waals surface area contributed by atoms with E-state index in [2.05, 4.69) is 0 Å². The lowest BCUT2D eigenvalue weighted by molar-refractivity contribution is -0.143. The van der Waals surface area contributed by atoms with Crippen molar-refractivity contribution in [2.24, 2.45) is 5.92 Å². The third-order valence-corrected chi connectivity index (χ3v) is 5.15. The van der Waals surface area contributed by atoms with Gasteiger partial charge in [0.15, 0.2) is 6.29 Å². The van der Waals surface area contributed by atoms with E-state index in [4.69, 9.17) is 0 Å². The van der Waals surface area contributed by atoms with Gasteiger partial charge >= 0.3 is 11.9 Å². The van der Waals surface area contributed by atoms with Crippen LogP contribution in [0.25, 0.3) is 11.1 Å². The number of carbonyl (C=O) groups is 3. The molecule has 0 aromatic heterocycles. The monoisotopic (exact) mass is 362 g/mol. The highest BCUT2D eigenvalue weighted by Crippen LogP contribution is 2.41. The van der Waals surface area contributed by atoms with Crippen molar-refractivity contribution in [2.75, 3.05) is 0 Å². The maximum Gasteiger partial charge on any atom is 0.331 e. The fourth-order valence-corrected chi connectivity index (χ4v) is 3.61. The zero-order chi connectivity index (χ0) is 19.6. The SMILES string of the molecule is CC1C(C(=O)O)=CC=CC1(C(=O)O)c1ccc(-c2ccccc2C=O)cc1. The molecule has 27 heavy (non-hydrogen) atoms. The Balaban J connectivity index is 2.08. The number of carboxylic acid groups (broad SMARTS) is 2. The number of rotatable bonds is 5. The van der Waals surface area contributed by atoms with Crippen LogP contribution in [0.2, 0.25) is 0 Å². The third kappa shape index (κ3) is 2.97. The Hall–Kier alpha value is -3.47. The summed E-state index contributed by atoms with van der Waals surface area (Å²) >= 11 is 0. The second kappa shape index (κ2) is 7.03. The molecule has 0 heterocycles. The zero-order valence-corrected chi connectivity index (χ0v) is 14.6. The van der Waals surface area contributed by atoms with Crippen molar-refractivity contribution in [1.29, 1.82) is 0 Å². The second-order valence-corrected chi connectivity index (χ2v) is 6.46. The third-order valence-electron chi connectivity index (χ3n) is 5.15. The van der Waals surface area contributed by atoms with Gasteiger partial charge in [0.2, 0.25) is 0 Å². The van der Waals surface area contributed by atoms with Crippen molar-refractivity contribution in [2.45, 2.75) is 12.3 Å². The average molecular weight is 362 g/mol. The van der Waals surface area contributed by atoms with Gasteiger partial charge in [-0.25, -0.2) is 4.79 Å². The van der Waals surface area contributed by atoms with Crippen LogP contribution in [0.5, 0.6) is 0 Å². The van der Waals surface area contributed by atoms with E-state index in [1.807, 2.05) is 12.1 Å². The molecule has 0 bridgehead atoms. The van der Waals surface area contributed by atoms with Crippen LogP contribution in [0.15, 0.2) is 72.3 Å². The molecule has 136 valence electrons. The summed E-state index contributed by atoms with van der Waals surface area (Å²) in [7, 11) is 0. The highest BCUT2D eigenvalue weighted by molar-refractivity contribution is 5.94. The number of benzene rings is 2. The largest absolute Gasteiger partial charge is 0.480 e. The Morgan fingerprint density at radius 2 is 1.70 bits per heavy atom. The molecule has 2 aromatic carbocycles. The van der Waals surface area contributed by atoms with Crippen molar-refractivity contribution in [1.82, 2.24) is 0 Å². The molecular formula is C22H18O5. The molecule has 5 nitrogen and oxygen atoms in total. The predicted molar refractivity (Wildman–Crippen MR) is 101 cm³/mol. The van der Waals surface area contributed by atoms with Crippen LogP contribution in [-0.2, 0) is 15.0 Å². The summed E-state index contributed by atoms with van der Waals surface area (Å²) in [5.41, 5.74) is 1.14. The van der Waals surface area contributed by atoms with Gasteiger partial charge in [-0.2, -0.15) is 0 Å². The average Bonchev–Trinajstić information content (AvgIpc) is 2.68. The fraction of sp³-hybridized carbons (Fsp3) is 0.136. The molecule has 0 saturated heterocycles. The summed E-state index contributed by atoms with van der Waals surface area (Å²) in [6, 6.07) is 14.0. The minimum absolute atomic E-state index is 0.0512. The lowest BCUT2D eigenvalue weighted by Crippen LogP contribution is -2.43. The number of carboxylic acids is 2. The van der Waals surface area contributed by atoms with Gasteiger partial charge in [-0.3, -0.25) is 9.59 Å². The molecule has 1 aliphatic rings. The van der Waals surface area contributed by atoms with E-state index < -0.39 is 23.3 Å².